The molecule has 6 aliphatic rings. The third-order valence-electron chi connectivity index (χ3n) is 11.4. The lowest BCUT2D eigenvalue weighted by Gasteiger charge is -2.59. The lowest BCUT2D eigenvalue weighted by Crippen LogP contribution is -2.60. The molecule has 8 atom stereocenters. The van der Waals surface area contributed by atoms with Crippen LogP contribution in [0.3, 0.4) is 0 Å². The van der Waals surface area contributed by atoms with Crippen molar-refractivity contribution in [2.45, 2.75) is 96.9 Å². The van der Waals surface area contributed by atoms with E-state index < -0.39 is 23.0 Å². The molecule has 6 heteroatoms. The fraction of sp³-hybridized carbons (Fsp3) is 0.700. The van der Waals surface area contributed by atoms with Gasteiger partial charge in [0.05, 0.1) is 16.6 Å². The van der Waals surface area contributed by atoms with Crippen LogP contribution in [0.1, 0.15) is 79.6 Å². The summed E-state index contributed by atoms with van der Waals surface area (Å²) in [7, 11) is 0. The summed E-state index contributed by atoms with van der Waals surface area (Å²) in [5, 5.41) is 0. The lowest BCUT2D eigenvalue weighted by molar-refractivity contribution is -0.231. The molecule has 1 saturated heterocycles. The normalized spacial score (nSPS) is 47.1. The number of ether oxygens (including phenoxy) is 3. The molecule has 0 aromatic rings. The van der Waals surface area contributed by atoms with Crippen molar-refractivity contribution in [3.8, 4) is 0 Å². The van der Waals surface area contributed by atoms with Gasteiger partial charge in [-0.3, -0.25) is 9.59 Å². The molecule has 2 aliphatic heterocycles. The van der Waals surface area contributed by atoms with E-state index in [-0.39, 0.29) is 41.5 Å². The number of carbonyl (C=O) groups is 3. The molecule has 2 heterocycles. The number of Topliss-reactive ketones (excluding diaryl/α,β-unsaturated/α-hetero) is 1. The van der Waals surface area contributed by atoms with Crippen molar-refractivity contribution in [2.75, 3.05) is 6.61 Å². The van der Waals surface area contributed by atoms with Crippen LogP contribution in [-0.2, 0) is 28.6 Å². The topological polar surface area (TPSA) is 78.9 Å². The number of rotatable bonds is 3. The minimum absolute atomic E-state index is 0.0137. The quantitative estimate of drug-likeness (QED) is 0.513. The Hall–Kier alpha value is -2.21. The van der Waals surface area contributed by atoms with E-state index in [9.17, 15) is 14.4 Å². The summed E-state index contributed by atoms with van der Waals surface area (Å²) in [4.78, 5) is 37.6. The van der Waals surface area contributed by atoms with Crippen molar-refractivity contribution in [3.63, 3.8) is 0 Å². The van der Waals surface area contributed by atoms with Crippen LogP contribution < -0.4 is 0 Å². The average Bonchev–Trinajstić information content (AvgIpc) is 3.22. The molecule has 6 rings (SSSR count). The molecule has 0 aromatic carbocycles. The molecule has 0 spiro atoms. The van der Waals surface area contributed by atoms with E-state index in [0.717, 1.165) is 37.7 Å². The van der Waals surface area contributed by atoms with Gasteiger partial charge < -0.3 is 14.2 Å². The minimum atomic E-state index is -0.590. The van der Waals surface area contributed by atoms with E-state index >= 15 is 0 Å². The molecule has 0 N–H and O–H groups in total. The highest BCUT2D eigenvalue weighted by Crippen LogP contribution is 2.75. The highest BCUT2D eigenvalue weighted by Gasteiger charge is 2.77. The van der Waals surface area contributed by atoms with E-state index in [1.165, 1.54) is 12.5 Å². The monoisotopic (exact) mass is 494 g/mol. The molecule has 2 bridgehead atoms. The zero-order valence-electron chi connectivity index (χ0n) is 22.1. The van der Waals surface area contributed by atoms with Gasteiger partial charge in [0.15, 0.2) is 0 Å². The highest BCUT2D eigenvalue weighted by atomic mass is 16.6. The van der Waals surface area contributed by atoms with Gasteiger partial charge in [0.25, 0.3) is 0 Å². The fourth-order valence-corrected chi connectivity index (χ4v) is 9.48. The molecule has 4 aliphatic carbocycles. The number of fused-ring (bicyclic) bond motifs is 3. The predicted molar refractivity (Wildman–Crippen MR) is 133 cm³/mol. The first-order valence-corrected chi connectivity index (χ1v) is 13.6. The second-order valence-electron chi connectivity index (χ2n) is 12.7. The standard InChI is InChI=1S/C30H38O6/c1-17-15-25(35-26(33)20(17)16-34-18(2)31)29(5)23-12-14-30(36-29)22-10-9-19-7-6-8-24(32)28(19,4)21(22)11-13-27(23,30)3/h6-7,9,21-23,25H,8,10-16H2,1-5H3/t21-,22+,23+,25+,27+,28-,29+,30+/m0/s1. The maximum Gasteiger partial charge on any atom is 0.337 e. The van der Waals surface area contributed by atoms with Crippen LogP contribution in [0.15, 0.2) is 34.9 Å². The van der Waals surface area contributed by atoms with Crippen molar-refractivity contribution in [1.82, 2.24) is 0 Å². The number of allylic oxidation sites excluding steroid dienone is 4. The molecule has 36 heavy (non-hydrogen) atoms. The first kappa shape index (κ1) is 24.1. The molecule has 0 aromatic heterocycles. The molecule has 0 radical (unpaired) electrons. The zero-order chi connectivity index (χ0) is 25.7. The SMILES string of the molecule is CC(=O)OCC1=C(C)C[C@H]([C@]2(C)O[C@@]34CC[C@@H]2[C@@]3(C)CC[C@H]2[C@H]4CC=C3C=CCC(=O)[C@@]32C)OC1=O. The Kier molecular flexibility index (Phi) is 5.13. The number of ketones is 1. The molecule has 3 fully saturated rings. The van der Waals surface area contributed by atoms with E-state index in [0.29, 0.717) is 24.2 Å². The van der Waals surface area contributed by atoms with Gasteiger partial charge in [0, 0.05) is 25.2 Å². The van der Waals surface area contributed by atoms with Gasteiger partial charge >= 0.3 is 11.9 Å². The van der Waals surface area contributed by atoms with Gasteiger partial charge in [-0.25, -0.2) is 4.79 Å². The van der Waals surface area contributed by atoms with Crippen LogP contribution in [0, 0.1) is 28.6 Å². The van der Waals surface area contributed by atoms with Crippen LogP contribution in [-0.4, -0.2) is 41.6 Å². The van der Waals surface area contributed by atoms with Gasteiger partial charge in [0.2, 0.25) is 0 Å². The van der Waals surface area contributed by atoms with Gasteiger partial charge in [-0.05, 0) is 76.2 Å². The van der Waals surface area contributed by atoms with Crippen molar-refractivity contribution >= 4 is 17.7 Å². The zero-order valence-corrected chi connectivity index (χ0v) is 22.1. The van der Waals surface area contributed by atoms with Gasteiger partial charge in [0.1, 0.15) is 24.1 Å². The summed E-state index contributed by atoms with van der Waals surface area (Å²) in [6.45, 7) is 9.95. The first-order valence-electron chi connectivity index (χ1n) is 13.6. The third kappa shape index (κ3) is 2.85. The van der Waals surface area contributed by atoms with E-state index in [1.807, 2.05) is 13.0 Å². The lowest BCUT2D eigenvalue weighted by atomic mass is 9.46. The van der Waals surface area contributed by atoms with Crippen molar-refractivity contribution < 1.29 is 28.6 Å². The van der Waals surface area contributed by atoms with Crippen LogP contribution in [0.4, 0.5) is 0 Å². The Bertz CT molecular complexity index is 1150. The van der Waals surface area contributed by atoms with Crippen LogP contribution in [0.2, 0.25) is 0 Å². The molecule has 2 saturated carbocycles. The second-order valence-corrected chi connectivity index (χ2v) is 12.7. The third-order valence-corrected chi connectivity index (χ3v) is 11.4. The fourth-order valence-electron chi connectivity index (χ4n) is 9.48. The first-order chi connectivity index (χ1) is 17.0. The summed E-state index contributed by atoms with van der Waals surface area (Å²) in [5.41, 5.74) is 1.19. The van der Waals surface area contributed by atoms with Crippen molar-refractivity contribution in [3.05, 3.63) is 34.9 Å². The number of cyclic esters (lactones) is 1. The highest BCUT2D eigenvalue weighted by molar-refractivity contribution is 5.92. The summed E-state index contributed by atoms with van der Waals surface area (Å²) in [5.74, 6) is 0.357. The van der Waals surface area contributed by atoms with Gasteiger partial charge in [-0.1, -0.05) is 30.7 Å². The molecular weight excluding hydrogens is 456 g/mol. The number of carbonyl (C=O) groups excluding carboxylic acids is 3. The molecule has 0 unspecified atom stereocenters. The Labute approximate surface area is 213 Å². The number of hydrogen-bond donors (Lipinski definition) is 0. The Morgan fingerprint density at radius 1 is 1.14 bits per heavy atom. The predicted octanol–water partition coefficient (Wildman–Crippen LogP) is 5.02. The molecule has 194 valence electrons. The number of esters is 2. The van der Waals surface area contributed by atoms with Crippen molar-refractivity contribution in [1.29, 1.82) is 0 Å². The smallest absolute Gasteiger partial charge is 0.337 e. The molecule has 6 nitrogen and oxygen atoms in total. The van der Waals surface area contributed by atoms with Crippen LogP contribution >= 0.6 is 0 Å². The Morgan fingerprint density at radius 2 is 1.92 bits per heavy atom. The van der Waals surface area contributed by atoms with Gasteiger partial charge in [-0.2, -0.15) is 0 Å². The van der Waals surface area contributed by atoms with E-state index in [4.69, 9.17) is 14.2 Å². The molecular formula is C30H38O6. The second kappa shape index (κ2) is 7.66. The maximum atomic E-state index is 13.3. The summed E-state index contributed by atoms with van der Waals surface area (Å²) >= 11 is 0. The Balaban J connectivity index is 1.34. The maximum absolute atomic E-state index is 13.3. The van der Waals surface area contributed by atoms with Crippen LogP contribution in [0.25, 0.3) is 0 Å². The van der Waals surface area contributed by atoms with E-state index in [2.05, 4.69) is 32.9 Å². The minimum Gasteiger partial charge on any atom is -0.461 e. The van der Waals surface area contributed by atoms with E-state index in [1.54, 1.807) is 0 Å². The average molecular weight is 495 g/mol. The van der Waals surface area contributed by atoms with Gasteiger partial charge in [-0.15, -0.1) is 0 Å². The van der Waals surface area contributed by atoms with Crippen LogP contribution in [0.5, 0.6) is 0 Å². The number of hydrogen-bond acceptors (Lipinski definition) is 6. The van der Waals surface area contributed by atoms with Crippen molar-refractivity contribution in [2.24, 2.45) is 28.6 Å². The summed E-state index contributed by atoms with van der Waals surface area (Å²) in [6, 6.07) is 0. The summed E-state index contributed by atoms with van der Waals surface area (Å²) in [6.07, 6.45) is 12.3. The molecule has 0 amide bonds. The Morgan fingerprint density at radius 3 is 2.64 bits per heavy atom. The largest absolute Gasteiger partial charge is 0.461 e. The summed E-state index contributed by atoms with van der Waals surface area (Å²) < 4.78 is 18.5.